The summed E-state index contributed by atoms with van der Waals surface area (Å²) in [7, 11) is -3.33. The topological polar surface area (TPSA) is 72.9 Å². The van der Waals surface area contributed by atoms with Crippen LogP contribution in [0.4, 0.5) is 0 Å². The number of nitrogens with zero attached hydrogens (tertiary/aromatic N) is 1. The normalized spacial score (nSPS) is 21.3. The van der Waals surface area contributed by atoms with E-state index in [1.54, 1.807) is 23.1 Å². The molecule has 0 aromatic heterocycles. The Bertz CT molecular complexity index is 942. The zero-order valence-electron chi connectivity index (χ0n) is 14.8. The molecule has 142 valence electrons. The van der Waals surface area contributed by atoms with Crippen molar-refractivity contribution < 1.29 is 22.7 Å². The van der Waals surface area contributed by atoms with Crippen molar-refractivity contribution in [2.75, 3.05) is 32.1 Å². The monoisotopic (exact) mass is 387 g/mol. The van der Waals surface area contributed by atoms with Crippen LogP contribution in [-0.4, -0.2) is 51.3 Å². The Balaban J connectivity index is 1.59. The number of carbonyl (C=O) groups is 1. The fraction of sp³-hybridized carbons (Fsp3) is 0.350. The fourth-order valence-corrected chi connectivity index (χ4v) is 5.40. The summed E-state index contributed by atoms with van der Waals surface area (Å²) in [4.78, 5) is 14.7. The van der Waals surface area contributed by atoms with Gasteiger partial charge >= 0.3 is 0 Å². The number of sulfone groups is 1. The van der Waals surface area contributed by atoms with Crippen LogP contribution in [0.2, 0.25) is 0 Å². The summed E-state index contributed by atoms with van der Waals surface area (Å²) in [6, 6.07) is 14.4. The molecule has 0 spiro atoms. The van der Waals surface area contributed by atoms with Crippen molar-refractivity contribution in [3.8, 4) is 11.5 Å². The highest BCUT2D eigenvalue weighted by molar-refractivity contribution is 7.91. The lowest BCUT2D eigenvalue weighted by Gasteiger charge is -2.24. The Morgan fingerprint density at radius 3 is 2.56 bits per heavy atom. The zero-order chi connectivity index (χ0) is 18.9. The smallest absolute Gasteiger partial charge is 0.257 e. The number of carbonyl (C=O) groups excluding carboxylic acids is 1. The number of amides is 1. The molecule has 2 heterocycles. The zero-order valence-corrected chi connectivity index (χ0v) is 15.7. The molecule has 1 atom stereocenters. The first-order valence-corrected chi connectivity index (χ1v) is 10.7. The second-order valence-electron chi connectivity index (χ2n) is 6.68. The van der Waals surface area contributed by atoms with Crippen LogP contribution in [0.5, 0.6) is 11.5 Å². The molecule has 1 amide bonds. The molecular formula is C20H21NO5S. The average Bonchev–Trinajstić information content (AvgIpc) is 2.85. The Kier molecular flexibility index (Phi) is 4.78. The first-order chi connectivity index (χ1) is 13.1. The Labute approximate surface area is 158 Å². The van der Waals surface area contributed by atoms with Gasteiger partial charge in [-0.25, -0.2) is 8.42 Å². The molecule has 6 nitrogen and oxygen atoms in total. The lowest BCUT2D eigenvalue weighted by atomic mass is 10.1. The third-order valence-electron chi connectivity index (χ3n) is 5.00. The van der Waals surface area contributed by atoms with Crippen molar-refractivity contribution in [2.45, 2.75) is 11.7 Å². The van der Waals surface area contributed by atoms with E-state index in [1.165, 1.54) is 0 Å². The first kappa shape index (κ1) is 17.9. The van der Waals surface area contributed by atoms with Gasteiger partial charge in [0.15, 0.2) is 21.3 Å². The molecule has 0 N–H and O–H groups in total. The van der Waals surface area contributed by atoms with Crippen LogP contribution in [0.25, 0.3) is 0 Å². The van der Waals surface area contributed by atoms with Gasteiger partial charge in [0.25, 0.3) is 5.91 Å². The van der Waals surface area contributed by atoms with Gasteiger partial charge in [0, 0.05) is 13.1 Å². The highest BCUT2D eigenvalue weighted by Gasteiger charge is 2.34. The van der Waals surface area contributed by atoms with E-state index in [-0.39, 0.29) is 18.2 Å². The summed E-state index contributed by atoms with van der Waals surface area (Å²) in [5.41, 5.74) is 1.20. The molecule has 2 aromatic rings. The summed E-state index contributed by atoms with van der Waals surface area (Å²) in [5.74, 6) is 0.725. The van der Waals surface area contributed by atoms with Crippen molar-refractivity contribution >= 4 is 15.7 Å². The molecule has 0 aliphatic carbocycles. The number of hydrogen-bond donors (Lipinski definition) is 0. The second kappa shape index (κ2) is 7.23. The predicted molar refractivity (Wildman–Crippen MR) is 101 cm³/mol. The van der Waals surface area contributed by atoms with E-state index in [4.69, 9.17) is 9.47 Å². The Hall–Kier alpha value is -2.54. The van der Waals surface area contributed by atoms with E-state index in [0.29, 0.717) is 43.2 Å². The van der Waals surface area contributed by atoms with Crippen molar-refractivity contribution in [2.24, 2.45) is 0 Å². The summed E-state index contributed by atoms with van der Waals surface area (Å²) in [5, 5.41) is -0.583. The van der Waals surface area contributed by atoms with Gasteiger partial charge in [-0.1, -0.05) is 36.4 Å². The van der Waals surface area contributed by atoms with E-state index < -0.39 is 15.1 Å². The third kappa shape index (κ3) is 3.51. The molecule has 2 aromatic carbocycles. The van der Waals surface area contributed by atoms with E-state index in [1.807, 2.05) is 30.3 Å². The van der Waals surface area contributed by atoms with Crippen LogP contribution in [0.15, 0.2) is 48.5 Å². The Morgan fingerprint density at radius 1 is 0.963 bits per heavy atom. The van der Waals surface area contributed by atoms with Gasteiger partial charge in [-0.2, -0.15) is 0 Å². The van der Waals surface area contributed by atoms with E-state index in [2.05, 4.69) is 0 Å². The number of para-hydroxylation sites is 1. The SMILES string of the molecule is O=C(c1cccc2c1OCCO2)N1CCC(c2ccccc2)S(=O)(=O)CC1. The number of rotatable bonds is 2. The van der Waals surface area contributed by atoms with Crippen LogP contribution in [0.3, 0.4) is 0 Å². The molecule has 1 saturated heterocycles. The molecule has 4 rings (SSSR count). The largest absolute Gasteiger partial charge is 0.486 e. The first-order valence-electron chi connectivity index (χ1n) is 9.01. The summed E-state index contributed by atoms with van der Waals surface area (Å²) < 4.78 is 36.7. The number of fused-ring (bicyclic) bond motifs is 1. The molecule has 0 radical (unpaired) electrons. The molecular weight excluding hydrogens is 366 g/mol. The van der Waals surface area contributed by atoms with Gasteiger partial charge in [0.05, 0.1) is 16.6 Å². The van der Waals surface area contributed by atoms with Crippen molar-refractivity contribution in [3.05, 3.63) is 59.7 Å². The van der Waals surface area contributed by atoms with Gasteiger partial charge in [-0.3, -0.25) is 4.79 Å². The van der Waals surface area contributed by atoms with Gasteiger partial charge in [-0.15, -0.1) is 0 Å². The minimum atomic E-state index is -3.33. The quantitative estimate of drug-likeness (QED) is 0.792. The standard InChI is InChI=1S/C20H21NO5S/c22-20(16-7-4-8-17-19(16)26-13-12-25-17)21-10-9-18(27(23,24)14-11-21)15-5-2-1-3-6-15/h1-8,18H,9-14H2. The maximum absolute atomic E-state index is 13.1. The number of ether oxygens (including phenoxy) is 2. The van der Waals surface area contributed by atoms with E-state index in [9.17, 15) is 13.2 Å². The molecule has 1 fully saturated rings. The average molecular weight is 387 g/mol. The fourth-order valence-electron chi connectivity index (χ4n) is 3.60. The summed E-state index contributed by atoms with van der Waals surface area (Å²) in [6.45, 7) is 1.39. The van der Waals surface area contributed by atoms with Crippen LogP contribution < -0.4 is 9.47 Å². The van der Waals surface area contributed by atoms with Crippen molar-refractivity contribution in [1.29, 1.82) is 0 Å². The van der Waals surface area contributed by atoms with Crippen molar-refractivity contribution in [3.63, 3.8) is 0 Å². The van der Waals surface area contributed by atoms with Crippen LogP contribution >= 0.6 is 0 Å². The Morgan fingerprint density at radius 2 is 1.74 bits per heavy atom. The maximum atomic E-state index is 13.1. The van der Waals surface area contributed by atoms with Gasteiger partial charge < -0.3 is 14.4 Å². The lowest BCUT2D eigenvalue weighted by molar-refractivity contribution is 0.0756. The van der Waals surface area contributed by atoms with E-state index in [0.717, 1.165) is 5.56 Å². The minimum absolute atomic E-state index is 0.0509. The van der Waals surface area contributed by atoms with Gasteiger partial charge in [0.2, 0.25) is 0 Å². The summed E-state index contributed by atoms with van der Waals surface area (Å²) >= 11 is 0. The molecule has 1 unspecified atom stereocenters. The van der Waals surface area contributed by atoms with Crippen LogP contribution in [0, 0.1) is 0 Å². The molecule has 7 heteroatoms. The van der Waals surface area contributed by atoms with E-state index >= 15 is 0 Å². The van der Waals surface area contributed by atoms with Crippen molar-refractivity contribution in [1.82, 2.24) is 4.90 Å². The van der Waals surface area contributed by atoms with Crippen LogP contribution in [0.1, 0.15) is 27.6 Å². The molecule has 0 saturated carbocycles. The molecule has 0 bridgehead atoms. The van der Waals surface area contributed by atoms with Gasteiger partial charge in [-0.05, 0) is 24.1 Å². The summed E-state index contributed by atoms with van der Waals surface area (Å²) in [6.07, 6.45) is 0.379. The number of benzene rings is 2. The third-order valence-corrected chi connectivity index (χ3v) is 7.12. The lowest BCUT2D eigenvalue weighted by Crippen LogP contribution is -2.34. The highest BCUT2D eigenvalue weighted by Crippen LogP contribution is 2.35. The molecule has 2 aliphatic rings. The second-order valence-corrected chi connectivity index (χ2v) is 8.98. The minimum Gasteiger partial charge on any atom is -0.486 e. The highest BCUT2D eigenvalue weighted by atomic mass is 32.2. The van der Waals surface area contributed by atoms with Gasteiger partial charge in [0.1, 0.15) is 13.2 Å². The van der Waals surface area contributed by atoms with Crippen LogP contribution in [-0.2, 0) is 9.84 Å². The number of hydrogen-bond acceptors (Lipinski definition) is 5. The predicted octanol–water partition coefficient (Wildman–Crippen LogP) is 2.46. The molecule has 27 heavy (non-hydrogen) atoms. The maximum Gasteiger partial charge on any atom is 0.257 e. The molecule has 2 aliphatic heterocycles.